The Hall–Kier alpha value is -2.38. The number of amides is 2. The van der Waals surface area contributed by atoms with Crippen molar-refractivity contribution in [2.75, 3.05) is 38.6 Å². The smallest absolute Gasteiger partial charge is 0.309 e. The van der Waals surface area contributed by atoms with Gasteiger partial charge in [0.1, 0.15) is 6.04 Å². The van der Waals surface area contributed by atoms with Crippen LogP contribution in [0.3, 0.4) is 0 Å². The summed E-state index contributed by atoms with van der Waals surface area (Å²) in [5.41, 5.74) is 2.35. The Morgan fingerprint density at radius 3 is 2.36 bits per heavy atom. The number of quaternary nitrogens is 1. The maximum atomic E-state index is 12.3. The molecule has 2 heterocycles. The molecule has 3 N–H and O–H groups in total. The number of nitrogens with one attached hydrogen (secondary N) is 3. The van der Waals surface area contributed by atoms with Crippen molar-refractivity contribution in [1.29, 1.82) is 0 Å². The number of rotatable bonds is 7. The van der Waals surface area contributed by atoms with Crippen LogP contribution < -0.4 is 20.4 Å². The fraction of sp³-hybridized carbons (Fsp3) is 0.429. The number of carbonyl (C=O) groups is 2. The average molecular weight is 402 g/mol. The third-order valence-electron chi connectivity index (χ3n) is 5.23. The van der Waals surface area contributed by atoms with E-state index < -0.39 is 11.8 Å². The van der Waals surface area contributed by atoms with Crippen LogP contribution in [0, 0.1) is 0 Å². The number of benzene rings is 1. The van der Waals surface area contributed by atoms with Crippen molar-refractivity contribution in [3.63, 3.8) is 0 Å². The molecule has 1 aromatic carbocycles. The topological polar surface area (TPSA) is 65.9 Å². The second-order valence-corrected chi connectivity index (χ2v) is 8.41. The van der Waals surface area contributed by atoms with Gasteiger partial charge in [-0.2, -0.15) is 0 Å². The first kappa shape index (κ1) is 20.4. The van der Waals surface area contributed by atoms with Gasteiger partial charge >= 0.3 is 11.8 Å². The summed E-state index contributed by atoms with van der Waals surface area (Å²) in [6, 6.07) is 12.5. The molecule has 0 unspecified atom stereocenters. The van der Waals surface area contributed by atoms with Gasteiger partial charge in [0.2, 0.25) is 0 Å². The van der Waals surface area contributed by atoms with E-state index in [9.17, 15) is 9.59 Å². The molecule has 150 valence electrons. The molecule has 1 aliphatic heterocycles. The predicted molar refractivity (Wildman–Crippen MR) is 113 cm³/mol. The zero-order chi connectivity index (χ0) is 19.9. The Kier molecular flexibility index (Phi) is 7.06. The molecule has 28 heavy (non-hydrogen) atoms. The predicted octanol–water partition coefficient (Wildman–Crippen LogP) is 0.967. The second kappa shape index (κ2) is 9.71. The summed E-state index contributed by atoms with van der Waals surface area (Å²) in [7, 11) is 4.04. The molecule has 2 amide bonds. The zero-order valence-electron chi connectivity index (χ0n) is 16.5. The van der Waals surface area contributed by atoms with Crippen LogP contribution in [-0.2, 0) is 16.1 Å². The Labute approximate surface area is 170 Å². The van der Waals surface area contributed by atoms with Gasteiger partial charge in [-0.05, 0) is 23.6 Å². The number of likely N-dealkylation sites (tertiary alicyclic amines) is 1. The number of hydrogen-bond acceptors (Lipinski definition) is 4. The Bertz CT molecular complexity index is 768. The summed E-state index contributed by atoms with van der Waals surface area (Å²) < 4.78 is 0. The SMILES string of the molecule is CN(C)c1ccc([C@H](CNC(=O)C(=O)NCc2cccs2)[NH+]2CCCC2)cc1. The van der Waals surface area contributed by atoms with E-state index in [0.29, 0.717) is 13.1 Å². The van der Waals surface area contributed by atoms with Crippen molar-refractivity contribution in [3.8, 4) is 0 Å². The monoisotopic (exact) mass is 401 g/mol. The van der Waals surface area contributed by atoms with Crippen molar-refractivity contribution in [2.45, 2.75) is 25.4 Å². The molecule has 0 bridgehead atoms. The summed E-state index contributed by atoms with van der Waals surface area (Å²) >= 11 is 1.56. The van der Waals surface area contributed by atoms with Crippen molar-refractivity contribution < 1.29 is 14.5 Å². The minimum Gasteiger partial charge on any atom is -0.378 e. The molecular formula is C21H29N4O2S+. The number of hydrogen-bond donors (Lipinski definition) is 3. The van der Waals surface area contributed by atoms with Crippen LogP contribution in [0.15, 0.2) is 41.8 Å². The fourth-order valence-corrected chi connectivity index (χ4v) is 4.26. The highest BCUT2D eigenvalue weighted by Crippen LogP contribution is 2.17. The first-order chi connectivity index (χ1) is 13.5. The summed E-state index contributed by atoms with van der Waals surface area (Å²) in [4.78, 5) is 28.9. The van der Waals surface area contributed by atoms with Crippen molar-refractivity contribution in [3.05, 3.63) is 52.2 Å². The van der Waals surface area contributed by atoms with Gasteiger partial charge in [-0.25, -0.2) is 0 Å². The van der Waals surface area contributed by atoms with Crippen LogP contribution >= 0.6 is 11.3 Å². The van der Waals surface area contributed by atoms with E-state index in [2.05, 4.69) is 39.8 Å². The van der Waals surface area contributed by atoms with Crippen LogP contribution in [-0.4, -0.2) is 45.5 Å². The van der Waals surface area contributed by atoms with Gasteiger partial charge in [-0.1, -0.05) is 18.2 Å². The maximum Gasteiger partial charge on any atom is 0.309 e. The van der Waals surface area contributed by atoms with E-state index in [0.717, 1.165) is 23.7 Å². The molecule has 6 nitrogen and oxygen atoms in total. The number of anilines is 1. The van der Waals surface area contributed by atoms with Crippen LogP contribution in [0.2, 0.25) is 0 Å². The molecule has 0 aliphatic carbocycles. The first-order valence-electron chi connectivity index (χ1n) is 9.75. The van der Waals surface area contributed by atoms with Gasteiger partial charge in [0.05, 0.1) is 26.2 Å². The van der Waals surface area contributed by atoms with Gasteiger partial charge in [-0.15, -0.1) is 11.3 Å². The van der Waals surface area contributed by atoms with Crippen molar-refractivity contribution in [2.24, 2.45) is 0 Å². The first-order valence-corrected chi connectivity index (χ1v) is 10.6. The highest BCUT2D eigenvalue weighted by Gasteiger charge is 2.28. The lowest BCUT2D eigenvalue weighted by Gasteiger charge is -2.25. The maximum absolute atomic E-state index is 12.3. The van der Waals surface area contributed by atoms with Gasteiger partial charge < -0.3 is 20.4 Å². The molecule has 0 radical (unpaired) electrons. The zero-order valence-corrected chi connectivity index (χ0v) is 17.3. The third kappa shape index (κ3) is 5.33. The number of nitrogens with zero attached hydrogens (tertiary/aromatic N) is 1. The Balaban J connectivity index is 1.59. The van der Waals surface area contributed by atoms with E-state index >= 15 is 0 Å². The quantitative estimate of drug-likeness (QED) is 0.606. The highest BCUT2D eigenvalue weighted by molar-refractivity contribution is 7.09. The highest BCUT2D eigenvalue weighted by atomic mass is 32.1. The molecule has 1 saturated heterocycles. The van der Waals surface area contributed by atoms with Gasteiger partial charge in [0, 0.05) is 43.1 Å². The van der Waals surface area contributed by atoms with Crippen LogP contribution in [0.4, 0.5) is 5.69 Å². The summed E-state index contributed by atoms with van der Waals surface area (Å²) in [5.74, 6) is -1.14. The third-order valence-corrected chi connectivity index (χ3v) is 6.10. The largest absolute Gasteiger partial charge is 0.378 e. The number of thiophene rings is 1. The second-order valence-electron chi connectivity index (χ2n) is 7.38. The molecule has 1 aromatic heterocycles. The Morgan fingerprint density at radius 1 is 1.07 bits per heavy atom. The summed E-state index contributed by atoms with van der Waals surface area (Å²) in [6.07, 6.45) is 2.41. The standard InChI is InChI=1S/C21H28N4O2S/c1-24(2)17-9-7-16(8-10-17)19(25-11-3-4-12-25)15-23-21(27)20(26)22-14-18-6-5-13-28-18/h5-10,13,19H,3-4,11-12,14-15H2,1-2H3,(H,22,26)(H,23,27)/p+1/t19-/m0/s1. The molecule has 7 heteroatoms. The molecular weight excluding hydrogens is 372 g/mol. The fourth-order valence-electron chi connectivity index (χ4n) is 3.62. The van der Waals surface area contributed by atoms with Crippen LogP contribution in [0.1, 0.15) is 29.3 Å². The average Bonchev–Trinajstić information content (AvgIpc) is 3.40. The summed E-state index contributed by atoms with van der Waals surface area (Å²) in [5, 5.41) is 7.48. The van der Waals surface area contributed by atoms with Gasteiger partial charge in [0.25, 0.3) is 0 Å². The lowest BCUT2D eigenvalue weighted by molar-refractivity contribution is -0.918. The molecule has 2 aromatic rings. The number of carbonyl (C=O) groups excluding carboxylic acids is 2. The van der Waals surface area contributed by atoms with Crippen molar-refractivity contribution >= 4 is 28.8 Å². The van der Waals surface area contributed by atoms with E-state index in [1.807, 2.05) is 31.6 Å². The summed E-state index contributed by atoms with van der Waals surface area (Å²) in [6.45, 7) is 3.04. The van der Waals surface area contributed by atoms with E-state index in [1.54, 1.807) is 11.3 Å². The molecule has 1 atom stereocenters. The lowest BCUT2D eigenvalue weighted by Crippen LogP contribution is -3.11. The molecule has 0 saturated carbocycles. The molecule has 0 spiro atoms. The lowest BCUT2D eigenvalue weighted by atomic mass is 10.0. The molecule has 1 aliphatic rings. The minimum atomic E-state index is -0.577. The van der Waals surface area contributed by atoms with Crippen LogP contribution in [0.5, 0.6) is 0 Å². The normalized spacial score (nSPS) is 15.2. The van der Waals surface area contributed by atoms with Crippen molar-refractivity contribution in [1.82, 2.24) is 10.6 Å². The van der Waals surface area contributed by atoms with E-state index in [-0.39, 0.29) is 6.04 Å². The molecule has 3 rings (SSSR count). The Morgan fingerprint density at radius 2 is 1.75 bits per heavy atom. The molecule has 1 fully saturated rings. The van der Waals surface area contributed by atoms with Gasteiger partial charge in [-0.3, -0.25) is 9.59 Å². The van der Waals surface area contributed by atoms with Gasteiger partial charge in [0.15, 0.2) is 0 Å². The van der Waals surface area contributed by atoms with Crippen LogP contribution in [0.25, 0.3) is 0 Å². The van der Waals surface area contributed by atoms with E-state index in [1.165, 1.54) is 23.3 Å². The van der Waals surface area contributed by atoms with E-state index in [4.69, 9.17) is 0 Å². The minimum absolute atomic E-state index is 0.160.